The first-order valence-corrected chi connectivity index (χ1v) is 8.76. The van der Waals surface area contributed by atoms with E-state index in [-0.39, 0.29) is 0 Å². The van der Waals surface area contributed by atoms with Crippen molar-refractivity contribution in [3.8, 4) is 0 Å². The summed E-state index contributed by atoms with van der Waals surface area (Å²) in [4.78, 5) is 1.33. The summed E-state index contributed by atoms with van der Waals surface area (Å²) in [6.07, 6.45) is 3.99. The Kier molecular flexibility index (Phi) is 5.67. The summed E-state index contributed by atoms with van der Waals surface area (Å²) in [5, 5.41) is 6.62. The summed E-state index contributed by atoms with van der Waals surface area (Å²) in [5.41, 5.74) is 0. The lowest BCUT2D eigenvalue weighted by Gasteiger charge is -2.26. The van der Waals surface area contributed by atoms with Gasteiger partial charge in [-0.05, 0) is 54.7 Å². The third-order valence-electron chi connectivity index (χ3n) is 3.32. The fourth-order valence-corrected chi connectivity index (χ4v) is 4.88. The maximum atomic E-state index is 6.25. The highest BCUT2D eigenvalue weighted by molar-refractivity contribution is 7.99. The molecule has 17 heavy (non-hydrogen) atoms. The molecule has 0 spiro atoms. The average Bonchev–Trinajstić information content (AvgIpc) is 2.76. The van der Waals surface area contributed by atoms with Gasteiger partial charge in [-0.15, -0.1) is 11.3 Å². The van der Waals surface area contributed by atoms with Crippen molar-refractivity contribution in [2.24, 2.45) is 5.92 Å². The van der Waals surface area contributed by atoms with Crippen LogP contribution in [0.3, 0.4) is 0 Å². The van der Waals surface area contributed by atoms with Gasteiger partial charge >= 0.3 is 0 Å². The van der Waals surface area contributed by atoms with Gasteiger partial charge in [0.05, 0.1) is 5.02 Å². The van der Waals surface area contributed by atoms with Gasteiger partial charge in [0.25, 0.3) is 0 Å². The van der Waals surface area contributed by atoms with E-state index in [1.807, 2.05) is 6.07 Å². The van der Waals surface area contributed by atoms with Gasteiger partial charge in [0.2, 0.25) is 0 Å². The molecule has 1 N–H and O–H groups in total. The Bertz CT molecular complexity index is 334. The molecule has 0 radical (unpaired) electrons. The van der Waals surface area contributed by atoms with Crippen molar-refractivity contribution in [3.05, 3.63) is 21.3 Å². The molecule has 1 aliphatic heterocycles. The zero-order valence-corrected chi connectivity index (χ0v) is 12.6. The predicted molar refractivity (Wildman–Crippen MR) is 80.4 cm³/mol. The van der Waals surface area contributed by atoms with Crippen LogP contribution in [0.15, 0.2) is 11.4 Å². The van der Waals surface area contributed by atoms with Gasteiger partial charge in [0.15, 0.2) is 0 Å². The predicted octanol–water partition coefficient (Wildman–Crippen LogP) is 4.59. The minimum Gasteiger partial charge on any atom is -0.309 e. The topological polar surface area (TPSA) is 12.0 Å². The lowest BCUT2D eigenvalue weighted by atomic mass is 9.93. The van der Waals surface area contributed by atoms with Crippen molar-refractivity contribution in [3.63, 3.8) is 0 Å². The molecule has 1 fully saturated rings. The molecule has 1 unspecified atom stereocenters. The molecular weight excluding hydrogens is 270 g/mol. The Morgan fingerprint density at radius 2 is 2.24 bits per heavy atom. The molecule has 96 valence electrons. The second-order valence-corrected chi connectivity index (χ2v) is 7.11. The maximum absolute atomic E-state index is 6.25. The van der Waals surface area contributed by atoms with Crippen LogP contribution in [0, 0.1) is 5.92 Å². The van der Waals surface area contributed by atoms with Crippen LogP contribution in [0.2, 0.25) is 5.02 Å². The number of thiophene rings is 1. The fraction of sp³-hybridized carbons (Fsp3) is 0.692. The molecule has 0 saturated carbocycles. The van der Waals surface area contributed by atoms with E-state index in [0.29, 0.717) is 6.04 Å². The number of hydrogen-bond donors (Lipinski definition) is 1. The van der Waals surface area contributed by atoms with E-state index in [1.165, 1.54) is 35.6 Å². The van der Waals surface area contributed by atoms with Crippen molar-refractivity contribution in [1.82, 2.24) is 5.32 Å². The van der Waals surface area contributed by atoms with E-state index >= 15 is 0 Å². The lowest BCUT2D eigenvalue weighted by Crippen LogP contribution is -2.24. The molecule has 1 aromatic heterocycles. The van der Waals surface area contributed by atoms with Gasteiger partial charge in [-0.25, -0.2) is 0 Å². The van der Waals surface area contributed by atoms with Gasteiger partial charge in [0, 0.05) is 10.9 Å². The Morgan fingerprint density at radius 1 is 1.47 bits per heavy atom. The van der Waals surface area contributed by atoms with Crippen LogP contribution in [-0.4, -0.2) is 18.1 Å². The Morgan fingerprint density at radius 3 is 2.82 bits per heavy atom. The van der Waals surface area contributed by atoms with E-state index in [2.05, 4.69) is 29.4 Å². The minimum atomic E-state index is 0.459. The second-order valence-electron chi connectivity index (χ2n) is 4.53. The number of thioether (sulfide) groups is 1. The molecule has 0 aromatic carbocycles. The molecule has 1 saturated heterocycles. The normalized spacial score (nSPS) is 19.4. The van der Waals surface area contributed by atoms with Crippen LogP contribution < -0.4 is 5.32 Å². The van der Waals surface area contributed by atoms with Gasteiger partial charge in [-0.2, -0.15) is 11.8 Å². The highest BCUT2D eigenvalue weighted by atomic mass is 35.5. The molecule has 0 aliphatic carbocycles. The van der Waals surface area contributed by atoms with Gasteiger partial charge in [-0.1, -0.05) is 18.5 Å². The largest absolute Gasteiger partial charge is 0.309 e. The van der Waals surface area contributed by atoms with Crippen LogP contribution in [0.1, 0.15) is 37.1 Å². The first-order chi connectivity index (χ1) is 8.31. The van der Waals surface area contributed by atoms with Crippen LogP contribution in [-0.2, 0) is 0 Å². The fourth-order valence-electron chi connectivity index (χ4n) is 2.40. The average molecular weight is 290 g/mol. The summed E-state index contributed by atoms with van der Waals surface area (Å²) in [7, 11) is 0. The first-order valence-electron chi connectivity index (χ1n) is 6.35. The highest BCUT2D eigenvalue weighted by Crippen LogP contribution is 2.36. The molecule has 0 bridgehead atoms. The van der Waals surface area contributed by atoms with E-state index < -0.39 is 0 Å². The summed E-state index contributed by atoms with van der Waals surface area (Å²) in [6.45, 7) is 3.19. The van der Waals surface area contributed by atoms with Crippen LogP contribution in [0.4, 0.5) is 0 Å². The summed E-state index contributed by atoms with van der Waals surface area (Å²) in [6, 6.07) is 2.48. The first kappa shape index (κ1) is 13.7. The number of halogens is 1. The smallest absolute Gasteiger partial charge is 0.0561 e. The highest BCUT2D eigenvalue weighted by Gasteiger charge is 2.22. The van der Waals surface area contributed by atoms with Gasteiger partial charge < -0.3 is 5.32 Å². The molecular formula is C13H20ClNS2. The van der Waals surface area contributed by atoms with Crippen LogP contribution in [0.25, 0.3) is 0 Å². The third-order valence-corrected chi connectivity index (χ3v) is 5.84. The minimum absolute atomic E-state index is 0.459. The van der Waals surface area contributed by atoms with Crippen LogP contribution in [0.5, 0.6) is 0 Å². The van der Waals surface area contributed by atoms with Gasteiger partial charge in [-0.3, -0.25) is 0 Å². The zero-order valence-electron chi connectivity index (χ0n) is 10.2. The maximum Gasteiger partial charge on any atom is 0.0561 e. The van der Waals surface area contributed by atoms with E-state index in [1.54, 1.807) is 11.3 Å². The molecule has 1 nitrogen and oxygen atoms in total. The molecule has 1 aliphatic rings. The van der Waals surface area contributed by atoms with Crippen LogP contribution >= 0.6 is 34.7 Å². The summed E-state index contributed by atoms with van der Waals surface area (Å²) < 4.78 is 0. The molecule has 1 atom stereocenters. The number of hydrogen-bond acceptors (Lipinski definition) is 3. The van der Waals surface area contributed by atoms with Gasteiger partial charge in [0.1, 0.15) is 0 Å². The monoisotopic (exact) mass is 289 g/mol. The summed E-state index contributed by atoms with van der Waals surface area (Å²) in [5.74, 6) is 3.54. The van der Waals surface area contributed by atoms with Crippen molar-refractivity contribution in [2.45, 2.75) is 32.2 Å². The summed E-state index contributed by atoms with van der Waals surface area (Å²) >= 11 is 10.1. The standard InChI is InChI=1S/C13H20ClNS2/c1-2-15-12(13-11(14)5-8-17-13)9-10-3-6-16-7-4-10/h5,8,10,12,15H,2-4,6-7,9H2,1H3. The van der Waals surface area contributed by atoms with E-state index in [9.17, 15) is 0 Å². The Labute approximate surface area is 117 Å². The second kappa shape index (κ2) is 7.03. The van der Waals surface area contributed by atoms with Crippen molar-refractivity contribution in [1.29, 1.82) is 0 Å². The quantitative estimate of drug-likeness (QED) is 0.851. The molecule has 1 aromatic rings. The van der Waals surface area contributed by atoms with E-state index in [0.717, 1.165) is 17.5 Å². The molecule has 2 heterocycles. The number of nitrogens with one attached hydrogen (secondary N) is 1. The zero-order chi connectivity index (χ0) is 12.1. The Balaban J connectivity index is 1.99. The Hall–Kier alpha value is 0.300. The SMILES string of the molecule is CCNC(CC1CCSCC1)c1sccc1Cl. The number of rotatable bonds is 5. The molecule has 0 amide bonds. The van der Waals surface area contributed by atoms with Crippen molar-refractivity contribution >= 4 is 34.7 Å². The van der Waals surface area contributed by atoms with E-state index in [4.69, 9.17) is 11.6 Å². The lowest BCUT2D eigenvalue weighted by molar-refractivity contribution is 0.378. The van der Waals surface area contributed by atoms with Crippen molar-refractivity contribution in [2.75, 3.05) is 18.1 Å². The third kappa shape index (κ3) is 3.88. The molecule has 2 rings (SSSR count). The molecule has 4 heteroatoms. The van der Waals surface area contributed by atoms with Crippen molar-refractivity contribution < 1.29 is 0 Å².